The standard InChI is InChI=1S/C12H11NO2.C11H9NO2/c1-15-12(14)11-8-7-10(13-11)9-5-3-2-4-6-9;13-11(14)10-7-6-9(12-10)8-4-2-1-3-5-8/h2-8,13H,1H3;1-7,12H,(H,13,14). The monoisotopic (exact) mass is 388 g/mol. The number of carbonyl (C=O) groups is 2. The molecule has 0 atom stereocenters. The van der Waals surface area contributed by atoms with Gasteiger partial charge in [-0.05, 0) is 35.4 Å². The molecule has 29 heavy (non-hydrogen) atoms. The Hall–Kier alpha value is -4.06. The van der Waals surface area contributed by atoms with Gasteiger partial charge in [0.25, 0.3) is 0 Å². The van der Waals surface area contributed by atoms with Crippen molar-refractivity contribution in [3.63, 3.8) is 0 Å². The molecule has 2 heterocycles. The van der Waals surface area contributed by atoms with Gasteiger partial charge in [-0.3, -0.25) is 0 Å². The minimum absolute atomic E-state index is 0.212. The lowest BCUT2D eigenvalue weighted by molar-refractivity contribution is 0.0594. The third-order valence-electron chi connectivity index (χ3n) is 4.18. The average molecular weight is 388 g/mol. The van der Waals surface area contributed by atoms with E-state index in [0.29, 0.717) is 5.69 Å². The van der Waals surface area contributed by atoms with Gasteiger partial charge >= 0.3 is 11.9 Å². The van der Waals surface area contributed by atoms with E-state index in [0.717, 1.165) is 22.5 Å². The Labute approximate surface area is 167 Å². The molecule has 3 N–H and O–H groups in total. The van der Waals surface area contributed by atoms with Gasteiger partial charge in [-0.2, -0.15) is 0 Å². The minimum Gasteiger partial charge on any atom is -0.477 e. The van der Waals surface area contributed by atoms with E-state index in [1.54, 1.807) is 18.2 Å². The molecule has 0 radical (unpaired) electrons. The molecule has 0 saturated heterocycles. The Bertz CT molecular complexity index is 1080. The number of aromatic carboxylic acids is 1. The topological polar surface area (TPSA) is 95.2 Å². The summed E-state index contributed by atoms with van der Waals surface area (Å²) < 4.78 is 4.62. The summed E-state index contributed by atoms with van der Waals surface area (Å²) >= 11 is 0. The minimum atomic E-state index is -0.938. The first kappa shape index (κ1) is 19.7. The number of rotatable bonds is 4. The molecule has 0 spiro atoms. The Balaban J connectivity index is 0.000000166. The molecule has 6 nitrogen and oxygen atoms in total. The van der Waals surface area contributed by atoms with Crippen molar-refractivity contribution in [3.05, 3.63) is 96.3 Å². The normalized spacial score (nSPS) is 9.97. The van der Waals surface area contributed by atoms with E-state index in [-0.39, 0.29) is 11.7 Å². The van der Waals surface area contributed by atoms with Crippen LogP contribution in [-0.4, -0.2) is 34.1 Å². The fourth-order valence-corrected chi connectivity index (χ4v) is 2.72. The van der Waals surface area contributed by atoms with Crippen molar-refractivity contribution in [2.75, 3.05) is 7.11 Å². The van der Waals surface area contributed by atoms with Crippen LogP contribution < -0.4 is 0 Å². The predicted molar refractivity (Wildman–Crippen MR) is 111 cm³/mol. The highest BCUT2D eigenvalue weighted by Gasteiger charge is 2.08. The van der Waals surface area contributed by atoms with Crippen molar-refractivity contribution in [1.82, 2.24) is 9.97 Å². The van der Waals surface area contributed by atoms with Gasteiger partial charge in [0, 0.05) is 11.4 Å². The van der Waals surface area contributed by atoms with Crippen LogP contribution in [0, 0.1) is 0 Å². The lowest BCUT2D eigenvalue weighted by Gasteiger charge is -1.97. The molecule has 0 bridgehead atoms. The van der Waals surface area contributed by atoms with E-state index in [9.17, 15) is 9.59 Å². The zero-order valence-electron chi connectivity index (χ0n) is 15.8. The van der Waals surface area contributed by atoms with Crippen molar-refractivity contribution in [1.29, 1.82) is 0 Å². The van der Waals surface area contributed by atoms with Crippen LogP contribution in [-0.2, 0) is 4.74 Å². The maximum atomic E-state index is 11.2. The molecule has 146 valence electrons. The summed E-state index contributed by atoms with van der Waals surface area (Å²) in [5.41, 5.74) is 4.45. The number of aromatic amines is 2. The maximum absolute atomic E-state index is 11.2. The van der Waals surface area contributed by atoms with Crippen molar-refractivity contribution in [3.8, 4) is 22.5 Å². The van der Waals surface area contributed by atoms with E-state index in [1.165, 1.54) is 7.11 Å². The number of benzene rings is 2. The van der Waals surface area contributed by atoms with Gasteiger partial charge in [0.05, 0.1) is 7.11 Å². The third-order valence-corrected chi connectivity index (χ3v) is 4.18. The third kappa shape index (κ3) is 5.01. The average Bonchev–Trinajstić information content (AvgIpc) is 3.45. The number of esters is 1. The molecule has 0 saturated carbocycles. The van der Waals surface area contributed by atoms with Gasteiger partial charge in [-0.1, -0.05) is 60.7 Å². The predicted octanol–water partition coefficient (Wildman–Crippen LogP) is 4.85. The molecule has 0 amide bonds. The molecule has 0 aliphatic rings. The smallest absolute Gasteiger partial charge is 0.354 e. The SMILES string of the molecule is COC(=O)c1ccc(-c2ccccc2)[nH]1.O=C(O)c1ccc(-c2ccccc2)[nH]1. The number of methoxy groups -OCH3 is 1. The summed E-state index contributed by atoms with van der Waals surface area (Å²) in [4.78, 5) is 27.7. The van der Waals surface area contributed by atoms with Gasteiger partial charge in [-0.25, -0.2) is 9.59 Å². The molecule has 6 heteroatoms. The highest BCUT2D eigenvalue weighted by Crippen LogP contribution is 2.18. The van der Waals surface area contributed by atoms with E-state index >= 15 is 0 Å². The number of carboxylic acid groups (broad SMARTS) is 1. The number of nitrogens with one attached hydrogen (secondary N) is 2. The van der Waals surface area contributed by atoms with Crippen LogP contribution in [0.4, 0.5) is 0 Å². The van der Waals surface area contributed by atoms with Crippen LogP contribution in [0.2, 0.25) is 0 Å². The largest absolute Gasteiger partial charge is 0.477 e. The first-order valence-electron chi connectivity index (χ1n) is 8.89. The number of carbonyl (C=O) groups excluding carboxylic acids is 1. The summed E-state index contributed by atoms with van der Waals surface area (Å²) in [6.45, 7) is 0. The van der Waals surface area contributed by atoms with Crippen LogP contribution in [0.25, 0.3) is 22.5 Å². The van der Waals surface area contributed by atoms with Gasteiger partial charge in [0.1, 0.15) is 11.4 Å². The Morgan fingerprint density at radius 3 is 1.55 bits per heavy atom. The molecule has 0 aliphatic carbocycles. The second-order valence-electron chi connectivity index (χ2n) is 6.10. The van der Waals surface area contributed by atoms with Crippen molar-refractivity contribution in [2.24, 2.45) is 0 Å². The highest BCUT2D eigenvalue weighted by molar-refractivity contribution is 5.88. The summed E-state index contributed by atoms with van der Waals surface area (Å²) in [6, 6.07) is 26.3. The Morgan fingerprint density at radius 1 is 0.690 bits per heavy atom. The molecule has 2 aromatic carbocycles. The second-order valence-corrected chi connectivity index (χ2v) is 6.10. The molecule has 0 aliphatic heterocycles. The van der Waals surface area contributed by atoms with Crippen molar-refractivity contribution >= 4 is 11.9 Å². The summed E-state index contributed by atoms with van der Waals surface area (Å²) in [6.07, 6.45) is 0. The number of hydrogen-bond acceptors (Lipinski definition) is 3. The summed E-state index contributed by atoms with van der Waals surface area (Å²) in [7, 11) is 1.37. The number of carboxylic acids is 1. The zero-order valence-corrected chi connectivity index (χ0v) is 15.8. The zero-order chi connectivity index (χ0) is 20.6. The summed E-state index contributed by atoms with van der Waals surface area (Å²) in [5, 5.41) is 8.71. The van der Waals surface area contributed by atoms with E-state index < -0.39 is 5.97 Å². The molecule has 0 fully saturated rings. The number of H-pyrrole nitrogens is 2. The van der Waals surface area contributed by atoms with Crippen LogP contribution in [0.5, 0.6) is 0 Å². The van der Waals surface area contributed by atoms with Crippen LogP contribution in [0.3, 0.4) is 0 Å². The quantitative estimate of drug-likeness (QED) is 0.436. The van der Waals surface area contributed by atoms with E-state index in [4.69, 9.17) is 5.11 Å². The Morgan fingerprint density at radius 2 is 1.14 bits per heavy atom. The molecule has 0 unspecified atom stereocenters. The Kier molecular flexibility index (Phi) is 6.27. The molecular formula is C23H20N2O4. The number of hydrogen-bond donors (Lipinski definition) is 3. The first-order valence-corrected chi connectivity index (χ1v) is 8.89. The van der Waals surface area contributed by atoms with Gasteiger partial charge in [0.15, 0.2) is 0 Å². The van der Waals surface area contributed by atoms with Crippen LogP contribution >= 0.6 is 0 Å². The maximum Gasteiger partial charge on any atom is 0.354 e. The van der Waals surface area contributed by atoms with Gasteiger partial charge in [-0.15, -0.1) is 0 Å². The summed E-state index contributed by atoms with van der Waals surface area (Å²) in [5.74, 6) is -1.29. The number of aromatic nitrogens is 2. The fraction of sp³-hybridized carbons (Fsp3) is 0.0435. The van der Waals surface area contributed by atoms with Crippen LogP contribution in [0.15, 0.2) is 84.9 Å². The second kappa shape index (κ2) is 9.23. The first-order chi connectivity index (χ1) is 14.1. The molecule has 2 aromatic heterocycles. The van der Waals surface area contributed by atoms with E-state index in [2.05, 4.69) is 14.7 Å². The van der Waals surface area contributed by atoms with E-state index in [1.807, 2.05) is 66.7 Å². The lowest BCUT2D eigenvalue weighted by Crippen LogP contribution is -2.00. The van der Waals surface area contributed by atoms with Crippen LogP contribution in [0.1, 0.15) is 21.0 Å². The van der Waals surface area contributed by atoms with Gasteiger partial charge < -0.3 is 19.8 Å². The lowest BCUT2D eigenvalue weighted by atomic mass is 10.2. The van der Waals surface area contributed by atoms with Gasteiger partial charge in [0.2, 0.25) is 0 Å². The fourth-order valence-electron chi connectivity index (χ4n) is 2.72. The number of ether oxygens (including phenoxy) is 1. The molecular weight excluding hydrogens is 368 g/mol. The van der Waals surface area contributed by atoms with Crippen molar-refractivity contribution < 1.29 is 19.4 Å². The highest BCUT2D eigenvalue weighted by atomic mass is 16.5. The molecule has 4 rings (SSSR count). The molecule has 4 aromatic rings. The van der Waals surface area contributed by atoms with Crippen molar-refractivity contribution in [2.45, 2.75) is 0 Å².